The molecule has 0 spiro atoms. The van der Waals surface area contributed by atoms with Gasteiger partial charge in [0.05, 0.1) is 18.1 Å². The van der Waals surface area contributed by atoms with Gasteiger partial charge in [-0.15, -0.1) is 11.3 Å². The second kappa shape index (κ2) is 2.93. The zero-order chi connectivity index (χ0) is 7.68. The van der Waals surface area contributed by atoms with E-state index >= 15 is 0 Å². The van der Waals surface area contributed by atoms with Gasteiger partial charge < -0.3 is 9.47 Å². The van der Waals surface area contributed by atoms with Crippen molar-refractivity contribution in [1.29, 1.82) is 0 Å². The van der Waals surface area contributed by atoms with E-state index in [1.165, 1.54) is 10.4 Å². The van der Waals surface area contributed by atoms with Crippen LogP contribution in [0.3, 0.4) is 0 Å². The van der Waals surface area contributed by atoms with Crippen molar-refractivity contribution in [3.05, 3.63) is 21.9 Å². The molecule has 1 saturated heterocycles. The van der Waals surface area contributed by atoms with Crippen LogP contribution in [0, 0.1) is 6.92 Å². The van der Waals surface area contributed by atoms with Crippen molar-refractivity contribution in [1.82, 2.24) is 0 Å². The summed E-state index contributed by atoms with van der Waals surface area (Å²) < 4.78 is 10.7. The summed E-state index contributed by atoms with van der Waals surface area (Å²) in [6, 6.07) is 2.09. The highest BCUT2D eigenvalue weighted by atomic mass is 32.1. The zero-order valence-electron chi connectivity index (χ0n) is 6.37. The van der Waals surface area contributed by atoms with Gasteiger partial charge in [0.15, 0.2) is 6.29 Å². The Hall–Kier alpha value is -0.380. The second-order valence-electron chi connectivity index (χ2n) is 2.54. The number of thiophene rings is 1. The van der Waals surface area contributed by atoms with Crippen LogP contribution in [0.2, 0.25) is 0 Å². The minimum atomic E-state index is -0.0880. The van der Waals surface area contributed by atoms with Crippen LogP contribution in [0.15, 0.2) is 11.4 Å². The van der Waals surface area contributed by atoms with Gasteiger partial charge >= 0.3 is 0 Å². The van der Waals surface area contributed by atoms with Crippen LogP contribution in [0.5, 0.6) is 0 Å². The normalized spacial score (nSPS) is 19.4. The summed E-state index contributed by atoms with van der Waals surface area (Å²) in [6.45, 7) is 3.53. The molecule has 2 nitrogen and oxygen atoms in total. The van der Waals surface area contributed by atoms with Gasteiger partial charge in [0.25, 0.3) is 0 Å². The van der Waals surface area contributed by atoms with E-state index in [4.69, 9.17) is 9.47 Å². The molecule has 1 aromatic rings. The predicted octanol–water partition coefficient (Wildman–Crippen LogP) is 2.10. The minimum absolute atomic E-state index is 0.0880. The van der Waals surface area contributed by atoms with Crippen molar-refractivity contribution in [2.45, 2.75) is 13.2 Å². The fraction of sp³-hybridized carbons (Fsp3) is 0.500. The van der Waals surface area contributed by atoms with Crippen LogP contribution < -0.4 is 0 Å². The first-order valence-electron chi connectivity index (χ1n) is 3.65. The van der Waals surface area contributed by atoms with E-state index in [-0.39, 0.29) is 6.29 Å². The van der Waals surface area contributed by atoms with Gasteiger partial charge in [-0.1, -0.05) is 0 Å². The SMILES string of the molecule is Cc1ccsc1C1OCCO1. The van der Waals surface area contributed by atoms with Gasteiger partial charge in [-0.05, 0) is 23.9 Å². The van der Waals surface area contributed by atoms with Crippen molar-refractivity contribution in [2.24, 2.45) is 0 Å². The predicted molar refractivity (Wildman–Crippen MR) is 43.7 cm³/mol. The van der Waals surface area contributed by atoms with E-state index in [0.29, 0.717) is 0 Å². The molecule has 60 valence electrons. The molecule has 1 aliphatic heterocycles. The van der Waals surface area contributed by atoms with Gasteiger partial charge in [-0.3, -0.25) is 0 Å². The molecule has 3 heteroatoms. The quantitative estimate of drug-likeness (QED) is 0.642. The molecule has 0 aliphatic carbocycles. The van der Waals surface area contributed by atoms with Crippen LogP contribution in [0.1, 0.15) is 16.7 Å². The standard InChI is InChI=1S/C8H10O2S/c1-6-2-5-11-7(6)8-9-3-4-10-8/h2,5,8H,3-4H2,1H3. The Labute approximate surface area is 69.8 Å². The smallest absolute Gasteiger partial charge is 0.193 e. The van der Waals surface area contributed by atoms with E-state index in [9.17, 15) is 0 Å². The lowest BCUT2D eigenvalue weighted by Gasteiger charge is -2.06. The molecule has 0 amide bonds. The van der Waals surface area contributed by atoms with Crippen molar-refractivity contribution in [3.8, 4) is 0 Å². The van der Waals surface area contributed by atoms with E-state index < -0.39 is 0 Å². The van der Waals surface area contributed by atoms with Crippen LogP contribution in [0.25, 0.3) is 0 Å². The van der Waals surface area contributed by atoms with Crippen molar-refractivity contribution in [3.63, 3.8) is 0 Å². The summed E-state index contributed by atoms with van der Waals surface area (Å²) in [7, 11) is 0. The molecular formula is C8H10O2S. The number of ether oxygens (including phenoxy) is 2. The Bertz CT molecular complexity index is 238. The molecule has 0 radical (unpaired) electrons. The third kappa shape index (κ3) is 1.31. The van der Waals surface area contributed by atoms with Crippen LogP contribution in [-0.4, -0.2) is 13.2 Å². The molecule has 0 bridgehead atoms. The Balaban J connectivity index is 2.21. The van der Waals surface area contributed by atoms with Gasteiger partial charge in [0.1, 0.15) is 0 Å². The summed E-state index contributed by atoms with van der Waals surface area (Å²) in [4.78, 5) is 1.21. The van der Waals surface area contributed by atoms with Crippen molar-refractivity contribution >= 4 is 11.3 Å². The summed E-state index contributed by atoms with van der Waals surface area (Å²) in [5.41, 5.74) is 1.27. The Morgan fingerprint density at radius 2 is 2.18 bits per heavy atom. The number of hydrogen-bond donors (Lipinski definition) is 0. The number of rotatable bonds is 1. The van der Waals surface area contributed by atoms with E-state index in [2.05, 4.69) is 18.4 Å². The number of hydrogen-bond acceptors (Lipinski definition) is 3. The second-order valence-corrected chi connectivity index (χ2v) is 3.49. The molecule has 0 aromatic carbocycles. The zero-order valence-corrected chi connectivity index (χ0v) is 7.19. The fourth-order valence-electron chi connectivity index (χ4n) is 1.14. The monoisotopic (exact) mass is 170 g/mol. The lowest BCUT2D eigenvalue weighted by Crippen LogP contribution is -1.95. The molecule has 2 rings (SSSR count). The molecule has 2 heterocycles. The van der Waals surface area contributed by atoms with Crippen LogP contribution in [-0.2, 0) is 9.47 Å². The maximum Gasteiger partial charge on any atom is 0.193 e. The Morgan fingerprint density at radius 1 is 1.45 bits per heavy atom. The molecular weight excluding hydrogens is 160 g/mol. The lowest BCUT2D eigenvalue weighted by atomic mass is 10.3. The first-order valence-corrected chi connectivity index (χ1v) is 4.53. The summed E-state index contributed by atoms with van der Waals surface area (Å²) in [5, 5.41) is 2.07. The molecule has 0 saturated carbocycles. The highest BCUT2D eigenvalue weighted by Crippen LogP contribution is 2.29. The molecule has 11 heavy (non-hydrogen) atoms. The van der Waals surface area contributed by atoms with Gasteiger partial charge in [-0.2, -0.15) is 0 Å². The Kier molecular flexibility index (Phi) is 1.94. The third-order valence-corrected chi connectivity index (χ3v) is 2.78. The number of aryl methyl sites for hydroxylation is 1. The summed E-state index contributed by atoms with van der Waals surface area (Å²) in [6.07, 6.45) is -0.0880. The lowest BCUT2D eigenvalue weighted by molar-refractivity contribution is -0.0417. The minimum Gasteiger partial charge on any atom is -0.345 e. The van der Waals surface area contributed by atoms with Crippen molar-refractivity contribution < 1.29 is 9.47 Å². The van der Waals surface area contributed by atoms with Gasteiger partial charge in [-0.25, -0.2) is 0 Å². The summed E-state index contributed by atoms with van der Waals surface area (Å²) >= 11 is 1.70. The first kappa shape index (κ1) is 7.28. The molecule has 0 unspecified atom stereocenters. The highest BCUT2D eigenvalue weighted by Gasteiger charge is 2.20. The van der Waals surface area contributed by atoms with Crippen LogP contribution >= 0.6 is 11.3 Å². The summed E-state index contributed by atoms with van der Waals surface area (Å²) in [5.74, 6) is 0. The van der Waals surface area contributed by atoms with E-state index in [1.807, 2.05) is 0 Å². The fourth-order valence-corrected chi connectivity index (χ4v) is 2.06. The van der Waals surface area contributed by atoms with Crippen LogP contribution in [0.4, 0.5) is 0 Å². The molecule has 1 aliphatic rings. The third-order valence-electron chi connectivity index (χ3n) is 1.74. The maximum absolute atomic E-state index is 5.37. The molecule has 0 N–H and O–H groups in total. The largest absolute Gasteiger partial charge is 0.345 e. The van der Waals surface area contributed by atoms with Crippen molar-refractivity contribution in [2.75, 3.05) is 13.2 Å². The van der Waals surface area contributed by atoms with E-state index in [1.54, 1.807) is 11.3 Å². The first-order chi connectivity index (χ1) is 5.38. The molecule has 0 atom stereocenters. The van der Waals surface area contributed by atoms with E-state index in [0.717, 1.165) is 13.2 Å². The topological polar surface area (TPSA) is 18.5 Å². The molecule has 1 aromatic heterocycles. The highest BCUT2D eigenvalue weighted by molar-refractivity contribution is 7.10. The Morgan fingerprint density at radius 3 is 2.73 bits per heavy atom. The average Bonchev–Trinajstić information content (AvgIpc) is 2.55. The van der Waals surface area contributed by atoms with Gasteiger partial charge in [0, 0.05) is 0 Å². The average molecular weight is 170 g/mol. The maximum atomic E-state index is 5.37. The van der Waals surface area contributed by atoms with Gasteiger partial charge in [0.2, 0.25) is 0 Å². The molecule has 1 fully saturated rings.